The molecule has 19 heavy (non-hydrogen) atoms. The van der Waals surface area contributed by atoms with E-state index in [0.29, 0.717) is 5.56 Å². The summed E-state index contributed by atoms with van der Waals surface area (Å²) in [4.78, 5) is 7.46. The number of aromatic nitrogens is 2. The highest BCUT2D eigenvalue weighted by Crippen LogP contribution is 2.33. The molecule has 0 saturated heterocycles. The van der Waals surface area contributed by atoms with Crippen LogP contribution in [0, 0.1) is 0 Å². The third kappa shape index (κ3) is 2.93. The van der Waals surface area contributed by atoms with Crippen molar-refractivity contribution in [1.82, 2.24) is 9.97 Å². The number of nitrogen functional groups attached to an aromatic ring is 2. The fraction of sp³-hybridized carbons (Fsp3) is 0.167. The number of hydrogen-bond donors (Lipinski definition) is 2. The number of alkyl halides is 3. The lowest BCUT2D eigenvalue weighted by Gasteiger charge is -2.13. The van der Waals surface area contributed by atoms with Gasteiger partial charge in [0.05, 0.1) is 5.56 Å². The second kappa shape index (κ2) is 4.75. The Morgan fingerprint density at radius 1 is 1.05 bits per heavy atom. The van der Waals surface area contributed by atoms with Crippen molar-refractivity contribution in [3.63, 3.8) is 0 Å². The molecule has 0 aliphatic rings. The number of benzene rings is 1. The molecule has 0 atom stereocenters. The van der Waals surface area contributed by atoms with Crippen LogP contribution in [0.1, 0.15) is 16.7 Å². The molecule has 4 N–H and O–H groups in total. The lowest BCUT2D eigenvalue weighted by molar-refractivity contribution is -0.138. The van der Waals surface area contributed by atoms with Gasteiger partial charge in [-0.25, -0.2) is 4.98 Å². The molecule has 100 valence electrons. The molecule has 0 aliphatic carbocycles. The minimum absolute atomic E-state index is 0.00178. The largest absolute Gasteiger partial charge is 0.416 e. The maximum absolute atomic E-state index is 12.8. The monoisotopic (exact) mass is 268 g/mol. The summed E-state index contributed by atoms with van der Waals surface area (Å²) >= 11 is 0. The Hall–Kier alpha value is -2.31. The Morgan fingerprint density at radius 3 is 2.37 bits per heavy atom. The van der Waals surface area contributed by atoms with E-state index in [1.54, 1.807) is 6.07 Å². The van der Waals surface area contributed by atoms with E-state index in [1.165, 1.54) is 18.3 Å². The summed E-state index contributed by atoms with van der Waals surface area (Å²) in [5.41, 5.74) is 10.8. The van der Waals surface area contributed by atoms with Gasteiger partial charge in [-0.2, -0.15) is 18.2 Å². The molecule has 2 aromatic rings. The molecule has 0 amide bonds. The lowest BCUT2D eigenvalue weighted by Crippen LogP contribution is -2.10. The number of nitrogens with two attached hydrogens (primary N) is 2. The molecule has 1 aromatic carbocycles. The Kier molecular flexibility index (Phi) is 3.28. The van der Waals surface area contributed by atoms with Gasteiger partial charge in [0.2, 0.25) is 5.95 Å². The van der Waals surface area contributed by atoms with E-state index in [1.807, 2.05) is 0 Å². The van der Waals surface area contributed by atoms with Crippen LogP contribution in [-0.4, -0.2) is 9.97 Å². The number of hydrogen-bond acceptors (Lipinski definition) is 4. The average molecular weight is 268 g/mol. The summed E-state index contributed by atoms with van der Waals surface area (Å²) in [7, 11) is 0. The van der Waals surface area contributed by atoms with Crippen molar-refractivity contribution >= 4 is 11.8 Å². The van der Waals surface area contributed by atoms with Gasteiger partial charge in [0.25, 0.3) is 0 Å². The van der Waals surface area contributed by atoms with Crippen LogP contribution < -0.4 is 11.5 Å². The normalized spacial score (nSPS) is 11.5. The van der Waals surface area contributed by atoms with Crippen molar-refractivity contribution in [2.24, 2.45) is 0 Å². The zero-order valence-electron chi connectivity index (χ0n) is 9.78. The molecule has 0 aliphatic heterocycles. The van der Waals surface area contributed by atoms with Crippen LogP contribution in [0.4, 0.5) is 24.9 Å². The summed E-state index contributed by atoms with van der Waals surface area (Å²) in [6.45, 7) is 0. The molecule has 0 radical (unpaired) electrons. The zero-order valence-corrected chi connectivity index (χ0v) is 9.78. The van der Waals surface area contributed by atoms with Crippen LogP contribution >= 0.6 is 0 Å². The van der Waals surface area contributed by atoms with Gasteiger partial charge in [0.15, 0.2) is 0 Å². The second-order valence-electron chi connectivity index (χ2n) is 3.97. The van der Waals surface area contributed by atoms with Crippen LogP contribution in [0.2, 0.25) is 0 Å². The van der Waals surface area contributed by atoms with E-state index in [0.717, 1.165) is 6.07 Å². The molecule has 2 rings (SSSR count). The summed E-state index contributed by atoms with van der Waals surface area (Å²) in [5, 5.41) is 0. The topological polar surface area (TPSA) is 77.8 Å². The number of halogens is 3. The van der Waals surface area contributed by atoms with Gasteiger partial charge in [-0.15, -0.1) is 0 Å². The minimum atomic E-state index is -4.40. The van der Waals surface area contributed by atoms with Crippen LogP contribution in [0.15, 0.2) is 30.5 Å². The quantitative estimate of drug-likeness (QED) is 0.875. The van der Waals surface area contributed by atoms with Gasteiger partial charge >= 0.3 is 6.18 Å². The molecule has 4 nitrogen and oxygen atoms in total. The first kappa shape index (κ1) is 13.1. The molecule has 0 spiro atoms. The van der Waals surface area contributed by atoms with Crippen LogP contribution in [0.5, 0.6) is 0 Å². The first-order chi connectivity index (χ1) is 8.88. The number of anilines is 2. The van der Waals surface area contributed by atoms with E-state index in [9.17, 15) is 13.2 Å². The SMILES string of the molecule is Nc1ncc(Cc2ccccc2C(F)(F)F)c(N)n1. The summed E-state index contributed by atoms with van der Waals surface area (Å²) in [5.74, 6) is 0.0786. The van der Waals surface area contributed by atoms with Gasteiger partial charge in [-0.05, 0) is 11.6 Å². The van der Waals surface area contributed by atoms with Crippen molar-refractivity contribution < 1.29 is 13.2 Å². The third-order valence-electron chi connectivity index (χ3n) is 2.62. The van der Waals surface area contributed by atoms with E-state index in [4.69, 9.17) is 11.5 Å². The Morgan fingerprint density at radius 2 is 1.74 bits per heavy atom. The number of nitrogens with zero attached hydrogens (tertiary/aromatic N) is 2. The maximum atomic E-state index is 12.8. The van der Waals surface area contributed by atoms with Gasteiger partial charge in [-0.1, -0.05) is 18.2 Å². The molecule has 0 saturated carbocycles. The molecule has 0 unspecified atom stereocenters. The molecule has 0 bridgehead atoms. The molecule has 1 heterocycles. The van der Waals surface area contributed by atoms with E-state index in [-0.39, 0.29) is 23.8 Å². The summed E-state index contributed by atoms with van der Waals surface area (Å²) < 4.78 is 38.5. The standard InChI is InChI=1S/C12H11F3N4/c13-12(14,15)9-4-2-1-3-7(9)5-8-6-18-11(17)19-10(8)16/h1-4,6H,5H2,(H4,16,17,18,19). The fourth-order valence-electron chi connectivity index (χ4n) is 1.73. The zero-order chi connectivity index (χ0) is 14.0. The lowest BCUT2D eigenvalue weighted by atomic mass is 10.0. The highest BCUT2D eigenvalue weighted by Gasteiger charge is 2.32. The molecule has 0 fully saturated rings. The smallest absolute Gasteiger partial charge is 0.383 e. The van der Waals surface area contributed by atoms with E-state index in [2.05, 4.69) is 9.97 Å². The number of rotatable bonds is 2. The third-order valence-corrected chi connectivity index (χ3v) is 2.62. The van der Waals surface area contributed by atoms with Crippen molar-refractivity contribution in [3.05, 3.63) is 47.2 Å². The van der Waals surface area contributed by atoms with Crippen molar-refractivity contribution in [2.75, 3.05) is 11.5 Å². The predicted molar refractivity (Wildman–Crippen MR) is 65.1 cm³/mol. The van der Waals surface area contributed by atoms with Crippen LogP contribution in [0.3, 0.4) is 0 Å². The Balaban J connectivity index is 2.39. The van der Waals surface area contributed by atoms with Crippen molar-refractivity contribution in [1.29, 1.82) is 0 Å². The molecule has 7 heteroatoms. The van der Waals surface area contributed by atoms with E-state index < -0.39 is 11.7 Å². The van der Waals surface area contributed by atoms with Crippen LogP contribution in [0.25, 0.3) is 0 Å². The first-order valence-corrected chi connectivity index (χ1v) is 5.40. The summed E-state index contributed by atoms with van der Waals surface area (Å²) in [6, 6.07) is 5.32. The van der Waals surface area contributed by atoms with Crippen molar-refractivity contribution in [2.45, 2.75) is 12.6 Å². The average Bonchev–Trinajstić information content (AvgIpc) is 2.32. The van der Waals surface area contributed by atoms with E-state index >= 15 is 0 Å². The molecule has 1 aromatic heterocycles. The van der Waals surface area contributed by atoms with Gasteiger partial charge in [0, 0.05) is 18.2 Å². The fourth-order valence-corrected chi connectivity index (χ4v) is 1.73. The second-order valence-corrected chi connectivity index (χ2v) is 3.97. The highest BCUT2D eigenvalue weighted by molar-refractivity contribution is 5.45. The molecular weight excluding hydrogens is 257 g/mol. The van der Waals surface area contributed by atoms with Crippen molar-refractivity contribution in [3.8, 4) is 0 Å². The van der Waals surface area contributed by atoms with Gasteiger partial charge in [-0.3, -0.25) is 0 Å². The predicted octanol–water partition coefficient (Wildman–Crippen LogP) is 2.25. The first-order valence-electron chi connectivity index (χ1n) is 5.40. The van der Waals surface area contributed by atoms with Gasteiger partial charge < -0.3 is 11.5 Å². The molecular formula is C12H11F3N4. The van der Waals surface area contributed by atoms with Gasteiger partial charge in [0.1, 0.15) is 5.82 Å². The minimum Gasteiger partial charge on any atom is -0.383 e. The summed E-state index contributed by atoms with van der Waals surface area (Å²) in [6.07, 6.45) is -3.06. The Bertz CT molecular complexity index is 596. The highest BCUT2D eigenvalue weighted by atomic mass is 19.4. The van der Waals surface area contributed by atoms with Crippen LogP contribution in [-0.2, 0) is 12.6 Å². The Labute approximate surface area is 107 Å². The maximum Gasteiger partial charge on any atom is 0.416 e.